The molecule has 0 aliphatic carbocycles. The second-order valence-electron chi connectivity index (χ2n) is 5.68. The number of carbonyl (C=O) groups excluding carboxylic acids is 1. The molecule has 1 aliphatic rings. The number of nitrogens with zero attached hydrogens (tertiary/aromatic N) is 2. The number of nitrogens with one attached hydrogen (secondary N) is 1. The Labute approximate surface area is 135 Å². The standard InChI is InChI=1S/C17H21N3OS/c1-13-19-16(12-22-13)7-9-18-17(21)20-10-8-15(11-20)14-5-3-2-4-6-14/h2-6,12,15H,7-11H2,1H3,(H,18,21). The zero-order valence-corrected chi connectivity index (χ0v) is 13.6. The lowest BCUT2D eigenvalue weighted by Crippen LogP contribution is -2.39. The van der Waals surface area contributed by atoms with E-state index in [4.69, 9.17) is 0 Å². The number of benzene rings is 1. The minimum Gasteiger partial charge on any atom is -0.338 e. The predicted octanol–water partition coefficient (Wildman–Crippen LogP) is 3.19. The third-order valence-corrected chi connectivity index (χ3v) is 4.89. The largest absolute Gasteiger partial charge is 0.338 e. The van der Waals surface area contributed by atoms with Crippen LogP contribution in [-0.4, -0.2) is 35.5 Å². The third kappa shape index (κ3) is 3.65. The number of amides is 2. The highest BCUT2D eigenvalue weighted by molar-refractivity contribution is 7.09. The molecule has 1 aliphatic heterocycles. The minimum atomic E-state index is 0.0467. The first-order valence-corrected chi connectivity index (χ1v) is 8.59. The Balaban J connectivity index is 1.45. The molecule has 2 aromatic rings. The molecule has 2 heterocycles. The fraction of sp³-hybridized carbons (Fsp3) is 0.412. The van der Waals surface area contributed by atoms with Crippen molar-refractivity contribution in [2.24, 2.45) is 0 Å². The van der Waals surface area contributed by atoms with Gasteiger partial charge in [-0.05, 0) is 18.9 Å². The maximum atomic E-state index is 12.2. The predicted molar refractivity (Wildman–Crippen MR) is 89.3 cm³/mol. The van der Waals surface area contributed by atoms with Crippen molar-refractivity contribution in [1.29, 1.82) is 0 Å². The van der Waals surface area contributed by atoms with Gasteiger partial charge in [0.1, 0.15) is 0 Å². The Morgan fingerprint density at radius 1 is 1.41 bits per heavy atom. The van der Waals surface area contributed by atoms with E-state index in [1.165, 1.54) is 5.56 Å². The van der Waals surface area contributed by atoms with Crippen LogP contribution in [0.2, 0.25) is 0 Å². The Morgan fingerprint density at radius 3 is 2.95 bits per heavy atom. The maximum Gasteiger partial charge on any atom is 0.317 e. The number of carbonyl (C=O) groups is 1. The van der Waals surface area contributed by atoms with E-state index in [9.17, 15) is 4.79 Å². The summed E-state index contributed by atoms with van der Waals surface area (Å²) in [6, 6.07) is 10.5. The van der Waals surface area contributed by atoms with E-state index in [1.807, 2.05) is 17.9 Å². The normalized spacial score (nSPS) is 17.7. The lowest BCUT2D eigenvalue weighted by atomic mass is 9.99. The molecule has 4 nitrogen and oxygen atoms in total. The zero-order chi connectivity index (χ0) is 15.4. The summed E-state index contributed by atoms with van der Waals surface area (Å²) in [5, 5.41) is 6.14. The van der Waals surface area contributed by atoms with Gasteiger partial charge in [0.15, 0.2) is 0 Å². The smallest absolute Gasteiger partial charge is 0.317 e. The summed E-state index contributed by atoms with van der Waals surface area (Å²) in [5.41, 5.74) is 2.39. The van der Waals surface area contributed by atoms with Gasteiger partial charge in [-0.15, -0.1) is 11.3 Å². The van der Waals surface area contributed by atoms with Crippen molar-refractivity contribution in [2.75, 3.05) is 19.6 Å². The summed E-state index contributed by atoms with van der Waals surface area (Å²) in [4.78, 5) is 18.5. The Kier molecular flexibility index (Phi) is 4.73. The van der Waals surface area contributed by atoms with E-state index in [-0.39, 0.29) is 6.03 Å². The van der Waals surface area contributed by atoms with Crippen LogP contribution < -0.4 is 5.32 Å². The molecule has 1 aromatic carbocycles. The van der Waals surface area contributed by atoms with Gasteiger partial charge in [-0.3, -0.25) is 0 Å². The molecule has 2 amide bonds. The average molecular weight is 315 g/mol. The van der Waals surface area contributed by atoms with Crippen molar-refractivity contribution < 1.29 is 4.79 Å². The van der Waals surface area contributed by atoms with E-state index in [1.54, 1.807) is 11.3 Å². The number of hydrogen-bond acceptors (Lipinski definition) is 3. The van der Waals surface area contributed by atoms with Crippen LogP contribution in [0.25, 0.3) is 0 Å². The van der Waals surface area contributed by atoms with Crippen LogP contribution in [0, 0.1) is 6.92 Å². The van der Waals surface area contributed by atoms with Gasteiger partial charge in [-0.2, -0.15) is 0 Å². The van der Waals surface area contributed by atoms with E-state index in [0.717, 1.165) is 36.6 Å². The molecule has 1 saturated heterocycles. The van der Waals surface area contributed by atoms with Crippen LogP contribution >= 0.6 is 11.3 Å². The van der Waals surface area contributed by atoms with Crippen molar-refractivity contribution in [2.45, 2.75) is 25.7 Å². The van der Waals surface area contributed by atoms with Gasteiger partial charge in [0.25, 0.3) is 0 Å². The first-order chi connectivity index (χ1) is 10.7. The average Bonchev–Trinajstić information content (AvgIpc) is 3.17. The van der Waals surface area contributed by atoms with Crippen LogP contribution in [0.3, 0.4) is 0 Å². The molecule has 1 N–H and O–H groups in total. The Bertz CT molecular complexity index is 626. The summed E-state index contributed by atoms with van der Waals surface area (Å²) in [5.74, 6) is 0.466. The summed E-state index contributed by atoms with van der Waals surface area (Å²) in [6.45, 7) is 4.29. The van der Waals surface area contributed by atoms with Crippen LogP contribution in [0.4, 0.5) is 4.79 Å². The van der Waals surface area contributed by atoms with Gasteiger partial charge < -0.3 is 10.2 Å². The fourth-order valence-corrected chi connectivity index (χ4v) is 3.52. The van der Waals surface area contributed by atoms with E-state index in [2.05, 4.69) is 39.9 Å². The number of urea groups is 1. The highest BCUT2D eigenvalue weighted by Gasteiger charge is 2.26. The molecule has 0 bridgehead atoms. The second kappa shape index (κ2) is 6.92. The zero-order valence-electron chi connectivity index (χ0n) is 12.8. The van der Waals surface area contributed by atoms with E-state index in [0.29, 0.717) is 12.5 Å². The molecule has 1 aromatic heterocycles. The molecule has 5 heteroatoms. The Morgan fingerprint density at radius 2 is 2.23 bits per heavy atom. The molecule has 0 saturated carbocycles. The first kappa shape index (κ1) is 15.0. The second-order valence-corrected chi connectivity index (χ2v) is 6.74. The monoisotopic (exact) mass is 315 g/mol. The highest BCUT2D eigenvalue weighted by atomic mass is 32.1. The van der Waals surface area contributed by atoms with Crippen molar-refractivity contribution in [3.63, 3.8) is 0 Å². The third-order valence-electron chi connectivity index (χ3n) is 4.07. The molecule has 116 valence electrons. The molecular formula is C17H21N3OS. The summed E-state index contributed by atoms with van der Waals surface area (Å²) < 4.78 is 0. The van der Waals surface area contributed by atoms with E-state index < -0.39 is 0 Å². The number of aryl methyl sites for hydroxylation is 1. The molecule has 3 rings (SSSR count). The fourth-order valence-electron chi connectivity index (χ4n) is 2.87. The van der Waals surface area contributed by atoms with Crippen molar-refractivity contribution in [3.05, 3.63) is 52.0 Å². The molecule has 1 fully saturated rings. The lowest BCUT2D eigenvalue weighted by Gasteiger charge is -2.17. The number of thiazole rings is 1. The number of hydrogen-bond donors (Lipinski definition) is 1. The summed E-state index contributed by atoms with van der Waals surface area (Å²) in [6.07, 6.45) is 1.84. The SMILES string of the molecule is Cc1nc(CCNC(=O)N2CCC(c3ccccc3)C2)cs1. The van der Waals surface area contributed by atoms with E-state index >= 15 is 0 Å². The van der Waals surface area contributed by atoms with Crippen molar-refractivity contribution in [1.82, 2.24) is 15.2 Å². The van der Waals surface area contributed by atoms with Gasteiger partial charge in [0.05, 0.1) is 10.7 Å². The molecule has 1 atom stereocenters. The molecule has 0 spiro atoms. The van der Waals surface area contributed by atoms with Gasteiger partial charge in [-0.1, -0.05) is 30.3 Å². The van der Waals surface area contributed by atoms with Gasteiger partial charge in [0.2, 0.25) is 0 Å². The lowest BCUT2D eigenvalue weighted by molar-refractivity contribution is 0.208. The van der Waals surface area contributed by atoms with Gasteiger partial charge >= 0.3 is 6.03 Å². The van der Waals surface area contributed by atoms with Gasteiger partial charge in [0, 0.05) is 37.4 Å². The number of likely N-dealkylation sites (tertiary alicyclic amines) is 1. The van der Waals surface area contributed by atoms with Crippen molar-refractivity contribution >= 4 is 17.4 Å². The summed E-state index contributed by atoms with van der Waals surface area (Å²) >= 11 is 1.65. The topological polar surface area (TPSA) is 45.2 Å². The first-order valence-electron chi connectivity index (χ1n) is 7.71. The maximum absolute atomic E-state index is 12.2. The van der Waals surface area contributed by atoms with Crippen LogP contribution in [-0.2, 0) is 6.42 Å². The molecule has 0 radical (unpaired) electrons. The number of rotatable bonds is 4. The van der Waals surface area contributed by atoms with Crippen LogP contribution in [0.1, 0.15) is 28.6 Å². The molecular weight excluding hydrogens is 294 g/mol. The Hall–Kier alpha value is -1.88. The quantitative estimate of drug-likeness (QED) is 0.942. The summed E-state index contributed by atoms with van der Waals surface area (Å²) in [7, 11) is 0. The molecule has 1 unspecified atom stereocenters. The number of aromatic nitrogens is 1. The highest BCUT2D eigenvalue weighted by Crippen LogP contribution is 2.26. The van der Waals surface area contributed by atoms with Crippen LogP contribution in [0.15, 0.2) is 35.7 Å². The van der Waals surface area contributed by atoms with Crippen LogP contribution in [0.5, 0.6) is 0 Å². The van der Waals surface area contributed by atoms with Gasteiger partial charge in [-0.25, -0.2) is 9.78 Å². The minimum absolute atomic E-state index is 0.0467. The van der Waals surface area contributed by atoms with Crippen molar-refractivity contribution in [3.8, 4) is 0 Å². The molecule has 22 heavy (non-hydrogen) atoms.